The summed E-state index contributed by atoms with van der Waals surface area (Å²) in [5.74, 6) is 1.38. The SMILES string of the molecule is CCSC1CCC(N(C)C(=O)CCN)C1. The van der Waals surface area contributed by atoms with Gasteiger partial charge in [-0.15, -0.1) is 0 Å². The molecule has 2 unspecified atom stereocenters. The Morgan fingerprint density at radius 1 is 1.53 bits per heavy atom. The van der Waals surface area contributed by atoms with Crippen molar-refractivity contribution in [2.75, 3.05) is 19.3 Å². The summed E-state index contributed by atoms with van der Waals surface area (Å²) in [7, 11) is 1.92. The van der Waals surface area contributed by atoms with Gasteiger partial charge in [-0.05, 0) is 25.0 Å². The summed E-state index contributed by atoms with van der Waals surface area (Å²) < 4.78 is 0. The Morgan fingerprint density at radius 3 is 2.87 bits per heavy atom. The lowest BCUT2D eigenvalue weighted by Crippen LogP contribution is -2.36. The van der Waals surface area contributed by atoms with E-state index in [9.17, 15) is 4.79 Å². The summed E-state index contributed by atoms with van der Waals surface area (Å²) in [6, 6.07) is 0.452. The van der Waals surface area contributed by atoms with Crippen LogP contribution in [-0.2, 0) is 4.79 Å². The fourth-order valence-corrected chi connectivity index (χ4v) is 3.29. The Morgan fingerprint density at radius 2 is 2.27 bits per heavy atom. The van der Waals surface area contributed by atoms with Gasteiger partial charge in [0.05, 0.1) is 0 Å². The molecular formula is C11H22N2OS. The number of carbonyl (C=O) groups is 1. The Bertz CT molecular complexity index is 211. The van der Waals surface area contributed by atoms with Crippen LogP contribution in [-0.4, -0.2) is 41.4 Å². The molecule has 1 aliphatic carbocycles. The van der Waals surface area contributed by atoms with E-state index in [1.54, 1.807) is 0 Å². The van der Waals surface area contributed by atoms with E-state index in [1.165, 1.54) is 12.2 Å². The lowest BCUT2D eigenvalue weighted by molar-refractivity contribution is -0.131. The molecule has 0 bridgehead atoms. The number of rotatable bonds is 5. The van der Waals surface area contributed by atoms with Crippen LogP contribution in [0.2, 0.25) is 0 Å². The van der Waals surface area contributed by atoms with E-state index in [0.717, 1.165) is 18.1 Å². The number of nitrogens with two attached hydrogens (primary N) is 1. The van der Waals surface area contributed by atoms with E-state index >= 15 is 0 Å². The molecule has 2 N–H and O–H groups in total. The first-order chi connectivity index (χ1) is 7.19. The van der Waals surface area contributed by atoms with E-state index in [1.807, 2.05) is 23.7 Å². The van der Waals surface area contributed by atoms with Crippen molar-refractivity contribution >= 4 is 17.7 Å². The third kappa shape index (κ3) is 3.68. The summed E-state index contributed by atoms with van der Waals surface area (Å²) in [6.07, 6.45) is 4.05. The van der Waals surface area contributed by atoms with Gasteiger partial charge in [0, 0.05) is 31.3 Å². The normalized spacial score (nSPS) is 25.5. The molecule has 0 saturated heterocycles. The average Bonchev–Trinajstić information content (AvgIpc) is 2.66. The van der Waals surface area contributed by atoms with Gasteiger partial charge >= 0.3 is 0 Å². The maximum absolute atomic E-state index is 11.6. The van der Waals surface area contributed by atoms with Gasteiger partial charge in [0.1, 0.15) is 0 Å². The van der Waals surface area contributed by atoms with E-state index in [-0.39, 0.29) is 5.91 Å². The highest BCUT2D eigenvalue weighted by Gasteiger charge is 2.29. The zero-order valence-electron chi connectivity index (χ0n) is 9.74. The van der Waals surface area contributed by atoms with Crippen molar-refractivity contribution in [1.82, 2.24) is 4.90 Å². The monoisotopic (exact) mass is 230 g/mol. The van der Waals surface area contributed by atoms with Crippen LogP contribution in [0.25, 0.3) is 0 Å². The highest BCUT2D eigenvalue weighted by atomic mass is 32.2. The molecule has 0 radical (unpaired) electrons. The van der Waals surface area contributed by atoms with Crippen molar-refractivity contribution in [3.8, 4) is 0 Å². The molecule has 0 aliphatic heterocycles. The Kier molecular flexibility index (Phi) is 5.47. The molecule has 88 valence electrons. The summed E-state index contributed by atoms with van der Waals surface area (Å²) in [6.45, 7) is 2.66. The molecule has 0 aromatic heterocycles. The van der Waals surface area contributed by atoms with Gasteiger partial charge in [0.25, 0.3) is 0 Å². The van der Waals surface area contributed by atoms with Gasteiger partial charge in [-0.1, -0.05) is 6.92 Å². The van der Waals surface area contributed by atoms with Crippen molar-refractivity contribution in [2.45, 2.75) is 43.9 Å². The third-order valence-corrected chi connectivity index (χ3v) is 4.29. The third-order valence-electron chi connectivity index (χ3n) is 3.06. The number of amides is 1. The fourth-order valence-electron chi connectivity index (χ4n) is 2.16. The number of nitrogens with zero attached hydrogens (tertiary/aromatic N) is 1. The van der Waals surface area contributed by atoms with E-state index in [4.69, 9.17) is 5.73 Å². The van der Waals surface area contributed by atoms with Crippen molar-refractivity contribution in [2.24, 2.45) is 5.73 Å². The molecule has 3 nitrogen and oxygen atoms in total. The van der Waals surface area contributed by atoms with Crippen molar-refractivity contribution < 1.29 is 4.79 Å². The number of hydrogen-bond donors (Lipinski definition) is 1. The minimum absolute atomic E-state index is 0.199. The molecular weight excluding hydrogens is 208 g/mol. The zero-order chi connectivity index (χ0) is 11.3. The van der Waals surface area contributed by atoms with Crippen LogP contribution in [0.5, 0.6) is 0 Å². The lowest BCUT2D eigenvalue weighted by Gasteiger charge is -2.24. The Labute approximate surface area is 96.8 Å². The van der Waals surface area contributed by atoms with Crippen molar-refractivity contribution in [3.05, 3.63) is 0 Å². The Balaban J connectivity index is 2.35. The molecule has 0 spiro atoms. The van der Waals surface area contributed by atoms with Gasteiger partial charge < -0.3 is 10.6 Å². The molecule has 1 saturated carbocycles. The van der Waals surface area contributed by atoms with Crippen LogP contribution in [0.15, 0.2) is 0 Å². The number of thioether (sulfide) groups is 1. The molecule has 1 fully saturated rings. The van der Waals surface area contributed by atoms with Crippen LogP contribution in [0, 0.1) is 0 Å². The molecule has 0 aromatic carbocycles. The number of hydrogen-bond acceptors (Lipinski definition) is 3. The predicted molar refractivity (Wildman–Crippen MR) is 66.0 cm³/mol. The molecule has 0 aromatic rings. The second kappa shape index (κ2) is 6.38. The van der Waals surface area contributed by atoms with Gasteiger partial charge in [0.2, 0.25) is 5.91 Å². The minimum atomic E-state index is 0.199. The highest BCUT2D eigenvalue weighted by molar-refractivity contribution is 7.99. The van der Waals surface area contributed by atoms with E-state index in [0.29, 0.717) is 19.0 Å². The van der Waals surface area contributed by atoms with Gasteiger partial charge in [0.15, 0.2) is 0 Å². The van der Waals surface area contributed by atoms with Crippen LogP contribution in [0.4, 0.5) is 0 Å². The highest BCUT2D eigenvalue weighted by Crippen LogP contribution is 2.32. The van der Waals surface area contributed by atoms with Crippen LogP contribution < -0.4 is 5.73 Å². The van der Waals surface area contributed by atoms with Crippen molar-refractivity contribution in [3.63, 3.8) is 0 Å². The number of carbonyl (C=O) groups excluding carboxylic acids is 1. The van der Waals surface area contributed by atoms with Gasteiger partial charge in [-0.25, -0.2) is 0 Å². The molecule has 1 rings (SSSR count). The summed E-state index contributed by atoms with van der Waals surface area (Å²) in [5, 5.41) is 0.758. The maximum Gasteiger partial charge on any atom is 0.223 e. The van der Waals surface area contributed by atoms with Gasteiger partial charge in [-0.2, -0.15) is 11.8 Å². The Hall–Kier alpha value is -0.220. The fraction of sp³-hybridized carbons (Fsp3) is 0.909. The molecule has 0 heterocycles. The quantitative estimate of drug-likeness (QED) is 0.778. The van der Waals surface area contributed by atoms with Crippen LogP contribution >= 0.6 is 11.8 Å². The first-order valence-corrected chi connectivity index (χ1v) is 6.81. The molecule has 4 heteroatoms. The van der Waals surface area contributed by atoms with Crippen molar-refractivity contribution in [1.29, 1.82) is 0 Å². The summed E-state index contributed by atoms with van der Waals surface area (Å²) >= 11 is 2.02. The maximum atomic E-state index is 11.6. The minimum Gasteiger partial charge on any atom is -0.343 e. The van der Waals surface area contributed by atoms with Crippen LogP contribution in [0.1, 0.15) is 32.6 Å². The second-order valence-corrected chi connectivity index (χ2v) is 5.66. The van der Waals surface area contributed by atoms with E-state index < -0.39 is 0 Å². The van der Waals surface area contributed by atoms with Crippen LogP contribution in [0.3, 0.4) is 0 Å². The molecule has 15 heavy (non-hydrogen) atoms. The summed E-state index contributed by atoms with van der Waals surface area (Å²) in [5.41, 5.74) is 5.39. The topological polar surface area (TPSA) is 46.3 Å². The largest absolute Gasteiger partial charge is 0.343 e. The molecule has 1 aliphatic rings. The van der Waals surface area contributed by atoms with E-state index in [2.05, 4.69) is 6.92 Å². The predicted octanol–water partition coefficient (Wildman–Crippen LogP) is 1.47. The van der Waals surface area contributed by atoms with Gasteiger partial charge in [-0.3, -0.25) is 4.79 Å². The standard InChI is InChI=1S/C11H22N2OS/c1-3-15-10-5-4-9(8-10)13(2)11(14)6-7-12/h9-10H,3-8,12H2,1-2H3. The second-order valence-electron chi connectivity index (χ2n) is 4.09. The summed E-state index contributed by atoms with van der Waals surface area (Å²) in [4.78, 5) is 13.5. The lowest BCUT2D eigenvalue weighted by atomic mass is 10.2. The molecule has 2 atom stereocenters. The molecule has 1 amide bonds. The first-order valence-electron chi connectivity index (χ1n) is 5.76. The first kappa shape index (κ1) is 12.8. The average molecular weight is 230 g/mol. The smallest absolute Gasteiger partial charge is 0.223 e. The zero-order valence-corrected chi connectivity index (χ0v) is 10.6.